The molecule has 1 fully saturated rings. The molecule has 3 N–H and O–H groups in total. The Morgan fingerprint density at radius 2 is 2.07 bits per heavy atom. The van der Waals surface area contributed by atoms with Gasteiger partial charge < -0.3 is 16.0 Å². The van der Waals surface area contributed by atoms with Crippen LogP contribution in [0.4, 0.5) is 5.69 Å². The number of hydrogen-bond donors (Lipinski definition) is 2. The second kappa shape index (κ2) is 7.25. The number of anilines is 1. The van der Waals surface area contributed by atoms with Crippen molar-refractivity contribution in [3.8, 4) is 0 Å². The maximum absolute atomic E-state index is 13.1. The number of nitrogens with two attached hydrogens (primary N) is 1. The van der Waals surface area contributed by atoms with Crippen molar-refractivity contribution in [1.29, 1.82) is 0 Å². The molecule has 4 heterocycles. The van der Waals surface area contributed by atoms with E-state index in [0.717, 1.165) is 53.7 Å². The number of aromatic nitrogens is 3. The van der Waals surface area contributed by atoms with Gasteiger partial charge in [0, 0.05) is 42.4 Å². The molecule has 1 amide bonds. The summed E-state index contributed by atoms with van der Waals surface area (Å²) in [4.78, 5) is 24.9. The van der Waals surface area contributed by atoms with Crippen LogP contribution in [-0.4, -0.2) is 45.4 Å². The third-order valence-electron chi connectivity index (χ3n) is 5.71. The maximum Gasteiger partial charge on any atom is 0.255 e. The van der Waals surface area contributed by atoms with Crippen molar-refractivity contribution in [3.63, 3.8) is 0 Å². The molecule has 7 heteroatoms. The average Bonchev–Trinajstić information content (AvgIpc) is 3.12. The number of rotatable bonds is 3. The molecular weight excluding hydrogens is 376 g/mol. The summed E-state index contributed by atoms with van der Waals surface area (Å²) in [6.07, 6.45) is 3.93. The van der Waals surface area contributed by atoms with Gasteiger partial charge in [-0.1, -0.05) is 12.1 Å². The predicted molar refractivity (Wildman–Crippen MR) is 120 cm³/mol. The minimum atomic E-state index is -0.127. The smallest absolute Gasteiger partial charge is 0.255 e. The fourth-order valence-electron chi connectivity index (χ4n) is 4.41. The molecule has 0 aliphatic carbocycles. The molecular formula is C23H26N6O. The summed E-state index contributed by atoms with van der Waals surface area (Å²) in [5.41, 5.74) is 11.1. The first-order chi connectivity index (χ1) is 14.5. The van der Waals surface area contributed by atoms with Crippen LogP contribution in [0.15, 0.2) is 42.6 Å². The summed E-state index contributed by atoms with van der Waals surface area (Å²) in [5.74, 6) is -0.127. The van der Waals surface area contributed by atoms with Crippen LogP contribution >= 0.6 is 0 Å². The Bertz CT molecular complexity index is 1260. The van der Waals surface area contributed by atoms with Crippen LogP contribution in [0.5, 0.6) is 0 Å². The monoisotopic (exact) mass is 402 g/mol. The summed E-state index contributed by atoms with van der Waals surface area (Å²) in [5, 5.41) is 3.96. The third kappa shape index (κ3) is 3.06. The van der Waals surface area contributed by atoms with Gasteiger partial charge in [-0.15, -0.1) is 0 Å². The lowest BCUT2D eigenvalue weighted by Gasteiger charge is -2.33. The lowest BCUT2D eigenvalue weighted by Crippen LogP contribution is -2.43. The van der Waals surface area contributed by atoms with Gasteiger partial charge in [0.2, 0.25) is 0 Å². The third-order valence-corrected chi connectivity index (χ3v) is 5.71. The van der Waals surface area contributed by atoms with Crippen LogP contribution in [0, 0.1) is 0 Å². The molecule has 1 aromatic carbocycles. The number of nitrogens with one attached hydrogen (secondary N) is 1. The Hall–Kier alpha value is -3.19. The van der Waals surface area contributed by atoms with Crippen molar-refractivity contribution in [2.45, 2.75) is 38.8 Å². The summed E-state index contributed by atoms with van der Waals surface area (Å²) in [7, 11) is 0. The normalized spacial score (nSPS) is 17.3. The van der Waals surface area contributed by atoms with E-state index in [-0.39, 0.29) is 18.0 Å². The quantitative estimate of drug-likeness (QED) is 0.550. The van der Waals surface area contributed by atoms with Crippen LogP contribution in [-0.2, 0) is 0 Å². The zero-order valence-electron chi connectivity index (χ0n) is 17.3. The molecule has 0 bridgehead atoms. The van der Waals surface area contributed by atoms with E-state index in [0.29, 0.717) is 11.2 Å². The van der Waals surface area contributed by atoms with Crippen LogP contribution in [0.1, 0.15) is 37.0 Å². The minimum Gasteiger partial charge on any atom is -0.369 e. The van der Waals surface area contributed by atoms with Crippen LogP contribution in [0.3, 0.4) is 0 Å². The number of carbonyl (C=O) groups excluding carboxylic acids is 1. The molecule has 0 saturated carbocycles. The zero-order valence-corrected chi connectivity index (χ0v) is 17.3. The number of fused-ring (bicyclic) bond motifs is 5. The highest BCUT2D eigenvalue weighted by Crippen LogP contribution is 2.32. The van der Waals surface area contributed by atoms with Gasteiger partial charge in [0.05, 0.1) is 16.6 Å². The van der Waals surface area contributed by atoms with E-state index in [1.54, 1.807) is 0 Å². The van der Waals surface area contributed by atoms with E-state index in [4.69, 9.17) is 15.7 Å². The number of carbonyl (C=O) groups is 1. The van der Waals surface area contributed by atoms with E-state index in [1.165, 1.54) is 0 Å². The van der Waals surface area contributed by atoms with Gasteiger partial charge in [-0.05, 0) is 51.0 Å². The predicted octanol–water partition coefficient (Wildman–Crippen LogP) is 3.10. The van der Waals surface area contributed by atoms with E-state index in [2.05, 4.69) is 10.2 Å². The van der Waals surface area contributed by atoms with Gasteiger partial charge in [0.15, 0.2) is 5.65 Å². The zero-order chi connectivity index (χ0) is 20.8. The number of nitrogens with zero attached hydrogens (tertiary/aromatic N) is 4. The van der Waals surface area contributed by atoms with E-state index >= 15 is 0 Å². The molecule has 5 rings (SSSR count). The second-order valence-corrected chi connectivity index (χ2v) is 8.36. The average molecular weight is 403 g/mol. The fourth-order valence-corrected chi connectivity index (χ4v) is 4.41. The topological polar surface area (TPSA) is 88.5 Å². The lowest BCUT2D eigenvalue weighted by atomic mass is 10.0. The highest BCUT2D eigenvalue weighted by Gasteiger charge is 2.23. The molecule has 154 valence electrons. The van der Waals surface area contributed by atoms with Crippen molar-refractivity contribution in [1.82, 2.24) is 19.7 Å². The Labute approximate surface area is 174 Å². The standard InChI is InChI=1S/C23H26N6O/c1-14(2)26-23(30)17-12-16-19(28-11-5-6-15(24)13-28)9-10-25-21(16)29-20-8-4-3-7-18(20)27-22(17)29/h3-4,7-10,12,14-15H,5-6,11,13,24H2,1-2H3,(H,26,30). The number of piperidine rings is 1. The van der Waals surface area contributed by atoms with Crippen molar-refractivity contribution >= 4 is 39.3 Å². The Morgan fingerprint density at radius 3 is 2.87 bits per heavy atom. The summed E-state index contributed by atoms with van der Waals surface area (Å²) in [6.45, 7) is 5.67. The molecule has 1 aliphatic heterocycles. The second-order valence-electron chi connectivity index (χ2n) is 8.36. The SMILES string of the molecule is CC(C)NC(=O)c1cc2c(N3CCCC(N)C3)ccnc2n2c1nc1ccccc12. The van der Waals surface area contributed by atoms with Crippen molar-refractivity contribution < 1.29 is 4.79 Å². The number of pyridine rings is 2. The molecule has 0 spiro atoms. The molecule has 1 unspecified atom stereocenters. The summed E-state index contributed by atoms with van der Waals surface area (Å²) in [6, 6.07) is 12.1. The van der Waals surface area contributed by atoms with E-state index in [9.17, 15) is 4.79 Å². The maximum atomic E-state index is 13.1. The first-order valence-corrected chi connectivity index (χ1v) is 10.5. The Balaban J connectivity index is 1.83. The molecule has 1 aliphatic rings. The van der Waals surface area contributed by atoms with Gasteiger partial charge in [0.1, 0.15) is 5.65 Å². The van der Waals surface area contributed by atoms with Gasteiger partial charge in [-0.25, -0.2) is 9.97 Å². The molecule has 7 nitrogen and oxygen atoms in total. The lowest BCUT2D eigenvalue weighted by molar-refractivity contribution is 0.0944. The van der Waals surface area contributed by atoms with E-state index < -0.39 is 0 Å². The largest absolute Gasteiger partial charge is 0.369 e. The Morgan fingerprint density at radius 1 is 1.23 bits per heavy atom. The summed E-state index contributed by atoms with van der Waals surface area (Å²) < 4.78 is 2.01. The van der Waals surface area contributed by atoms with Crippen molar-refractivity contribution in [2.75, 3.05) is 18.0 Å². The van der Waals surface area contributed by atoms with Gasteiger partial charge in [-0.2, -0.15) is 0 Å². The first kappa shape index (κ1) is 18.8. The first-order valence-electron chi connectivity index (χ1n) is 10.5. The summed E-state index contributed by atoms with van der Waals surface area (Å²) >= 11 is 0. The molecule has 4 aromatic rings. The van der Waals surface area contributed by atoms with Gasteiger partial charge in [0.25, 0.3) is 5.91 Å². The van der Waals surface area contributed by atoms with Crippen LogP contribution in [0.25, 0.3) is 27.7 Å². The molecule has 1 atom stereocenters. The van der Waals surface area contributed by atoms with Gasteiger partial charge in [-0.3, -0.25) is 9.20 Å². The number of imidazole rings is 1. The molecule has 1 saturated heterocycles. The molecule has 30 heavy (non-hydrogen) atoms. The number of para-hydroxylation sites is 2. The van der Waals surface area contributed by atoms with Crippen molar-refractivity contribution in [2.24, 2.45) is 5.73 Å². The molecule has 3 aromatic heterocycles. The molecule has 0 radical (unpaired) electrons. The highest BCUT2D eigenvalue weighted by molar-refractivity contribution is 6.07. The van der Waals surface area contributed by atoms with Crippen LogP contribution in [0.2, 0.25) is 0 Å². The van der Waals surface area contributed by atoms with E-state index in [1.807, 2.05) is 60.8 Å². The van der Waals surface area contributed by atoms with Crippen molar-refractivity contribution in [3.05, 3.63) is 48.2 Å². The van der Waals surface area contributed by atoms with Crippen LogP contribution < -0.4 is 16.0 Å². The minimum absolute atomic E-state index is 0.0334. The number of hydrogen-bond acceptors (Lipinski definition) is 5. The Kier molecular flexibility index (Phi) is 4.55. The van der Waals surface area contributed by atoms with Gasteiger partial charge >= 0.3 is 0 Å². The number of benzene rings is 1. The number of amides is 1. The fraction of sp³-hybridized carbons (Fsp3) is 0.348. The highest BCUT2D eigenvalue weighted by atomic mass is 16.1.